The lowest BCUT2D eigenvalue weighted by Crippen LogP contribution is -2.37. The lowest BCUT2D eigenvalue weighted by atomic mass is 9.83. The van der Waals surface area contributed by atoms with Crippen molar-refractivity contribution in [3.05, 3.63) is 22.3 Å². The van der Waals surface area contributed by atoms with E-state index in [1.165, 1.54) is 51.4 Å². The van der Waals surface area contributed by atoms with Crippen LogP contribution in [0, 0.1) is 38.5 Å². The van der Waals surface area contributed by atoms with Crippen LogP contribution < -0.4 is 9.47 Å². The first-order chi connectivity index (χ1) is 19.7. The van der Waals surface area contributed by atoms with Crippen LogP contribution in [0.5, 0.6) is 11.5 Å². The van der Waals surface area contributed by atoms with E-state index in [-0.39, 0.29) is 18.3 Å². The van der Waals surface area contributed by atoms with Crippen molar-refractivity contribution in [1.82, 2.24) is 0 Å². The van der Waals surface area contributed by atoms with Gasteiger partial charge in [0, 0.05) is 5.56 Å². The summed E-state index contributed by atoms with van der Waals surface area (Å²) in [6.07, 6.45) is 12.5. The van der Waals surface area contributed by atoms with Crippen LogP contribution >= 0.6 is 0 Å². The highest BCUT2D eigenvalue weighted by Crippen LogP contribution is 2.45. The molecule has 2 heterocycles. The zero-order valence-electron chi connectivity index (χ0n) is 28.5. The van der Waals surface area contributed by atoms with Gasteiger partial charge in [-0.3, -0.25) is 0 Å². The highest BCUT2D eigenvalue weighted by molar-refractivity contribution is 5.68. The lowest BCUT2D eigenvalue weighted by molar-refractivity contribution is -0.143. The van der Waals surface area contributed by atoms with Gasteiger partial charge in [-0.2, -0.15) is 0 Å². The molecular formula is C36H60O6. The molecule has 0 bridgehead atoms. The van der Waals surface area contributed by atoms with Crippen molar-refractivity contribution in [2.75, 3.05) is 13.2 Å². The fraction of sp³-hybridized carbons (Fsp3) is 0.806. The van der Waals surface area contributed by atoms with E-state index in [1.54, 1.807) is 0 Å². The second kappa shape index (κ2) is 15.3. The highest BCUT2D eigenvalue weighted by atomic mass is 16.8. The maximum atomic E-state index is 12.6. The first-order valence-corrected chi connectivity index (χ1v) is 16.7. The van der Waals surface area contributed by atoms with Crippen LogP contribution in [0.4, 0.5) is 4.79 Å². The zero-order chi connectivity index (χ0) is 31.1. The van der Waals surface area contributed by atoms with Crippen LogP contribution in [-0.2, 0) is 20.6 Å². The summed E-state index contributed by atoms with van der Waals surface area (Å²) in [5.74, 6) is 3.34. The van der Waals surface area contributed by atoms with Crippen molar-refractivity contribution in [3.8, 4) is 11.5 Å². The molecule has 3 rings (SSSR count). The summed E-state index contributed by atoms with van der Waals surface area (Å²) in [7, 11) is 0. The molecule has 1 aromatic rings. The minimum Gasteiger partial charge on any atom is -0.487 e. The summed E-state index contributed by atoms with van der Waals surface area (Å²) in [5.41, 5.74) is 3.89. The molecule has 2 aliphatic rings. The van der Waals surface area contributed by atoms with Crippen molar-refractivity contribution >= 4 is 6.16 Å². The summed E-state index contributed by atoms with van der Waals surface area (Å²) in [6.45, 7) is 22.0. The van der Waals surface area contributed by atoms with Crippen LogP contribution in [0.1, 0.15) is 135 Å². The van der Waals surface area contributed by atoms with Crippen molar-refractivity contribution in [1.29, 1.82) is 0 Å². The Bertz CT molecular complexity index is 1030. The number of fused-ring (bicyclic) bond motifs is 1. The zero-order valence-corrected chi connectivity index (χ0v) is 28.5. The Morgan fingerprint density at radius 3 is 2.10 bits per heavy atom. The van der Waals surface area contributed by atoms with Gasteiger partial charge in [0.1, 0.15) is 29.8 Å². The summed E-state index contributed by atoms with van der Waals surface area (Å²) < 4.78 is 29.1. The Hall–Kier alpha value is -1.79. The van der Waals surface area contributed by atoms with E-state index >= 15 is 0 Å². The molecule has 240 valence electrons. The molecule has 1 fully saturated rings. The van der Waals surface area contributed by atoms with Crippen LogP contribution in [-0.4, -0.2) is 36.9 Å². The number of benzene rings is 1. The maximum absolute atomic E-state index is 12.6. The Morgan fingerprint density at radius 1 is 0.881 bits per heavy atom. The molecule has 4 atom stereocenters. The van der Waals surface area contributed by atoms with Gasteiger partial charge in [-0.15, -0.1) is 0 Å². The van der Waals surface area contributed by atoms with E-state index < -0.39 is 11.9 Å². The summed E-state index contributed by atoms with van der Waals surface area (Å²) >= 11 is 0. The third kappa shape index (κ3) is 10.1. The van der Waals surface area contributed by atoms with Crippen molar-refractivity contribution < 1.29 is 28.5 Å². The van der Waals surface area contributed by atoms with Gasteiger partial charge in [0.05, 0.1) is 6.61 Å². The number of rotatable bonds is 15. The monoisotopic (exact) mass is 588 g/mol. The van der Waals surface area contributed by atoms with Gasteiger partial charge >= 0.3 is 6.16 Å². The van der Waals surface area contributed by atoms with Crippen LogP contribution in [0.25, 0.3) is 0 Å². The Balaban J connectivity index is 1.47. The van der Waals surface area contributed by atoms with E-state index in [1.807, 2.05) is 27.7 Å². The van der Waals surface area contributed by atoms with Crippen LogP contribution in [0.2, 0.25) is 0 Å². The summed E-state index contributed by atoms with van der Waals surface area (Å²) in [6, 6.07) is 0. The predicted molar refractivity (Wildman–Crippen MR) is 170 cm³/mol. The highest BCUT2D eigenvalue weighted by Gasteiger charge is 2.36. The average Bonchev–Trinajstić information content (AvgIpc) is 3.26. The molecule has 1 aromatic carbocycles. The lowest BCUT2D eigenvalue weighted by Gasteiger charge is -2.38. The Morgan fingerprint density at radius 2 is 1.50 bits per heavy atom. The van der Waals surface area contributed by atoms with E-state index in [0.29, 0.717) is 12.4 Å². The molecule has 0 aromatic heterocycles. The number of hydrogen-bond donors (Lipinski definition) is 0. The first-order valence-electron chi connectivity index (χ1n) is 16.7. The number of carbonyl (C=O) groups is 1. The van der Waals surface area contributed by atoms with Crippen molar-refractivity contribution in [2.24, 2.45) is 17.8 Å². The average molecular weight is 589 g/mol. The molecule has 1 saturated heterocycles. The van der Waals surface area contributed by atoms with E-state index in [9.17, 15) is 4.79 Å². The Kier molecular flexibility index (Phi) is 12.6. The number of ether oxygens (including phenoxy) is 5. The van der Waals surface area contributed by atoms with E-state index in [4.69, 9.17) is 23.7 Å². The topological polar surface area (TPSA) is 63.2 Å². The minimum atomic E-state index is -0.717. The van der Waals surface area contributed by atoms with E-state index in [0.717, 1.165) is 65.0 Å². The van der Waals surface area contributed by atoms with Gasteiger partial charge in [0.2, 0.25) is 0 Å². The number of carbonyl (C=O) groups excluding carboxylic acids is 1. The SMILES string of the molecule is Cc1c(C)c2c(c(C)c1OC(=O)OCC1COC(C)(C)O1)CCC(C)(CCCC(C)CCCC(C)CCCC(C)C)O2. The van der Waals surface area contributed by atoms with Crippen LogP contribution in [0.15, 0.2) is 0 Å². The van der Waals surface area contributed by atoms with Crippen LogP contribution in [0.3, 0.4) is 0 Å². The van der Waals surface area contributed by atoms with Crippen molar-refractivity contribution in [2.45, 2.75) is 157 Å². The molecule has 0 aliphatic carbocycles. The molecule has 0 N–H and O–H groups in total. The van der Waals surface area contributed by atoms with E-state index in [2.05, 4.69) is 41.5 Å². The fourth-order valence-corrected chi connectivity index (χ4v) is 6.53. The third-order valence-electron chi connectivity index (χ3n) is 9.48. The molecule has 6 heteroatoms. The molecule has 0 spiro atoms. The summed E-state index contributed by atoms with van der Waals surface area (Å²) in [4.78, 5) is 12.6. The quantitative estimate of drug-likeness (QED) is 0.150. The molecule has 6 nitrogen and oxygen atoms in total. The molecule has 4 unspecified atom stereocenters. The molecule has 0 amide bonds. The fourth-order valence-electron chi connectivity index (χ4n) is 6.53. The first kappa shape index (κ1) is 34.7. The summed E-state index contributed by atoms with van der Waals surface area (Å²) in [5, 5.41) is 0. The normalized spacial score (nSPS) is 22.9. The Labute approximate surface area is 256 Å². The number of hydrogen-bond acceptors (Lipinski definition) is 6. The van der Waals surface area contributed by atoms with Gasteiger partial charge < -0.3 is 23.7 Å². The van der Waals surface area contributed by atoms with Gasteiger partial charge in [0.25, 0.3) is 0 Å². The standard InChI is InChI=1S/C36H60O6/c1-24(2)14-11-15-25(3)16-12-17-26(4)18-13-20-36(10)21-19-31-29(7)32(27(5)28(6)33(31)42-36)40-34(37)38-22-30-23-39-35(8,9)41-30/h24-26,30H,11-23H2,1-10H3. The second-order valence-electron chi connectivity index (χ2n) is 14.5. The van der Waals surface area contributed by atoms with Gasteiger partial charge in [-0.25, -0.2) is 4.79 Å². The van der Waals surface area contributed by atoms with Gasteiger partial charge in [-0.1, -0.05) is 72.6 Å². The third-order valence-corrected chi connectivity index (χ3v) is 9.48. The molecule has 0 radical (unpaired) electrons. The van der Waals surface area contributed by atoms with Crippen molar-refractivity contribution in [3.63, 3.8) is 0 Å². The molecular weight excluding hydrogens is 528 g/mol. The van der Waals surface area contributed by atoms with Gasteiger partial charge in [0.15, 0.2) is 5.79 Å². The largest absolute Gasteiger partial charge is 0.513 e. The molecule has 2 aliphatic heterocycles. The second-order valence-corrected chi connectivity index (χ2v) is 14.5. The molecule has 0 saturated carbocycles. The smallest absolute Gasteiger partial charge is 0.487 e. The minimum absolute atomic E-state index is 0.0991. The van der Waals surface area contributed by atoms with Gasteiger partial charge in [-0.05, 0) is 102 Å². The maximum Gasteiger partial charge on any atom is 0.513 e. The molecule has 42 heavy (non-hydrogen) atoms. The predicted octanol–water partition coefficient (Wildman–Crippen LogP) is 9.80.